The third-order valence-corrected chi connectivity index (χ3v) is 5.18. The molecule has 4 aliphatic rings. The third kappa shape index (κ3) is 0.992. The van der Waals surface area contributed by atoms with E-state index in [1.54, 1.807) is 0 Å². The van der Waals surface area contributed by atoms with Gasteiger partial charge in [0.15, 0.2) is 6.17 Å². The van der Waals surface area contributed by atoms with E-state index in [2.05, 4.69) is 0 Å². The predicted octanol–water partition coefficient (Wildman–Crippen LogP) is 3.40. The maximum absolute atomic E-state index is 14.1. The average Bonchev–Trinajstić information content (AvgIpc) is 2.45. The van der Waals surface area contributed by atoms with E-state index in [9.17, 15) is 61.5 Å². The Bertz CT molecular complexity index is 581. The first-order valence-electron chi connectivity index (χ1n) is 5.98. The first kappa shape index (κ1) is 18.8. The zero-order valence-electron chi connectivity index (χ0n) is 10.8. The third-order valence-electron chi connectivity index (χ3n) is 5.18. The quantitative estimate of drug-likeness (QED) is 0.614. The molecule has 0 aromatic carbocycles. The van der Waals surface area contributed by atoms with Gasteiger partial charge in [0, 0.05) is 0 Å². The van der Waals surface area contributed by atoms with Gasteiger partial charge < -0.3 is 5.11 Å². The van der Waals surface area contributed by atoms with Crippen LogP contribution in [0.3, 0.4) is 0 Å². The van der Waals surface area contributed by atoms with Crippen molar-refractivity contribution in [2.24, 2.45) is 0 Å². The van der Waals surface area contributed by atoms with Crippen molar-refractivity contribution < 1.29 is 66.6 Å². The second kappa shape index (κ2) is 3.54. The van der Waals surface area contributed by atoms with Gasteiger partial charge in [0.25, 0.3) is 5.67 Å². The van der Waals surface area contributed by atoms with E-state index in [1.807, 2.05) is 0 Å². The van der Waals surface area contributed by atoms with Gasteiger partial charge in [0.2, 0.25) is 5.60 Å². The molecule has 3 unspecified atom stereocenters. The Morgan fingerprint density at radius 3 is 1.04 bits per heavy atom. The molecule has 0 spiro atoms. The fourth-order valence-electron chi connectivity index (χ4n) is 3.77. The van der Waals surface area contributed by atoms with Crippen LogP contribution in [-0.2, 0) is 0 Å². The van der Waals surface area contributed by atoms with Crippen molar-refractivity contribution in [3.8, 4) is 0 Å². The lowest BCUT2D eigenvalue weighted by Gasteiger charge is -2.72. The lowest BCUT2D eigenvalue weighted by molar-refractivity contribution is -0.588. The van der Waals surface area contributed by atoms with Gasteiger partial charge in [-0.05, 0) is 0 Å². The number of rotatable bonds is 0. The molecule has 4 rings (SSSR count). The molecular weight excluding hydrogens is 402 g/mol. The maximum atomic E-state index is 14.1. The van der Waals surface area contributed by atoms with Crippen LogP contribution in [0.15, 0.2) is 0 Å². The smallest absolute Gasteiger partial charge is 0.339 e. The molecule has 4 saturated carbocycles. The highest BCUT2D eigenvalue weighted by molar-refractivity contribution is 5.52. The second-order valence-electron chi connectivity index (χ2n) is 6.03. The van der Waals surface area contributed by atoms with Crippen LogP contribution in [0.4, 0.5) is 61.5 Å². The molecule has 0 radical (unpaired) electrons. The summed E-state index contributed by atoms with van der Waals surface area (Å²) in [4.78, 5) is 0. The molecule has 15 heteroatoms. The van der Waals surface area contributed by atoms with E-state index >= 15 is 0 Å². The summed E-state index contributed by atoms with van der Waals surface area (Å²) in [5, 5.41) is 9.02. The standard InChI is InChI=1S/C10H2F14O/c11-1-2(12)6(15,16)4(13)8(19,20)3(1,25)9(21,22)5(14,7(2,17)18)10(4,23)24/h1,25H. The van der Waals surface area contributed by atoms with Gasteiger partial charge in [-0.1, -0.05) is 0 Å². The molecule has 146 valence electrons. The van der Waals surface area contributed by atoms with E-state index in [0.717, 1.165) is 0 Å². The number of hydrogen-bond acceptors (Lipinski definition) is 1. The van der Waals surface area contributed by atoms with Crippen molar-refractivity contribution in [1.82, 2.24) is 0 Å². The van der Waals surface area contributed by atoms with E-state index in [0.29, 0.717) is 0 Å². The van der Waals surface area contributed by atoms with Crippen molar-refractivity contribution >= 4 is 0 Å². The van der Waals surface area contributed by atoms with Gasteiger partial charge in [-0.15, -0.1) is 0 Å². The van der Waals surface area contributed by atoms with Gasteiger partial charge in [-0.2, -0.15) is 43.9 Å². The van der Waals surface area contributed by atoms with Crippen LogP contribution in [0.2, 0.25) is 0 Å². The van der Waals surface area contributed by atoms with Crippen LogP contribution >= 0.6 is 0 Å². The van der Waals surface area contributed by atoms with E-state index in [1.165, 1.54) is 0 Å². The van der Waals surface area contributed by atoms with Gasteiger partial charge in [-0.25, -0.2) is 17.6 Å². The molecule has 0 aromatic heterocycles. The Morgan fingerprint density at radius 1 is 0.480 bits per heavy atom. The molecule has 25 heavy (non-hydrogen) atoms. The first-order valence-corrected chi connectivity index (χ1v) is 5.98. The summed E-state index contributed by atoms with van der Waals surface area (Å²) in [5.41, 5.74) is -28.4. The van der Waals surface area contributed by atoms with Crippen LogP contribution in [0.5, 0.6) is 0 Å². The lowest BCUT2D eigenvalue weighted by atomic mass is 9.41. The van der Waals surface area contributed by atoms with Gasteiger partial charge in [0.05, 0.1) is 0 Å². The zero-order chi connectivity index (χ0) is 20.1. The van der Waals surface area contributed by atoms with E-state index in [4.69, 9.17) is 5.11 Å². The summed E-state index contributed by atoms with van der Waals surface area (Å²) in [7, 11) is 0. The van der Waals surface area contributed by atoms with Gasteiger partial charge in [0.1, 0.15) is 0 Å². The SMILES string of the molecule is OC12C(F)C3(F)C(F)(F)C(F)(C1(F)F)C(F)(F)C(F)(C2(F)F)C3(F)F. The maximum Gasteiger partial charge on any atom is 0.339 e. The number of aliphatic hydroxyl groups is 1. The van der Waals surface area contributed by atoms with Crippen molar-refractivity contribution in [1.29, 1.82) is 0 Å². The molecule has 1 nitrogen and oxygen atoms in total. The summed E-state index contributed by atoms with van der Waals surface area (Å²) in [6, 6.07) is 0. The Morgan fingerprint density at radius 2 is 0.760 bits per heavy atom. The van der Waals surface area contributed by atoms with Gasteiger partial charge >= 0.3 is 41.0 Å². The van der Waals surface area contributed by atoms with Crippen LogP contribution < -0.4 is 0 Å². The minimum absolute atomic E-state index is 5.74. The number of hydrogen-bond donors (Lipinski definition) is 1. The minimum Gasteiger partial charge on any atom is -0.376 e. The summed E-state index contributed by atoms with van der Waals surface area (Å²) >= 11 is 0. The molecular formula is C10H2F14O. The molecule has 4 aliphatic carbocycles. The van der Waals surface area contributed by atoms with Crippen LogP contribution in [-0.4, -0.2) is 63.5 Å². The second-order valence-corrected chi connectivity index (χ2v) is 6.03. The van der Waals surface area contributed by atoms with E-state index in [-0.39, 0.29) is 0 Å². The number of alkyl halides is 14. The Kier molecular flexibility index (Phi) is 2.66. The molecule has 4 fully saturated rings. The Balaban J connectivity index is 2.65. The fourth-order valence-corrected chi connectivity index (χ4v) is 3.77. The molecule has 0 saturated heterocycles. The molecule has 3 atom stereocenters. The van der Waals surface area contributed by atoms with Crippen molar-refractivity contribution in [2.45, 2.75) is 58.4 Å². The lowest BCUT2D eigenvalue weighted by Crippen LogP contribution is -3.07. The van der Waals surface area contributed by atoms with Gasteiger partial charge in [-0.3, -0.25) is 0 Å². The Labute approximate surface area is 126 Å². The molecule has 1 N–H and O–H groups in total. The topological polar surface area (TPSA) is 20.2 Å². The van der Waals surface area contributed by atoms with Crippen LogP contribution in [0.1, 0.15) is 0 Å². The minimum atomic E-state index is -7.65. The normalized spacial score (nSPS) is 56.0. The molecule has 0 aliphatic heterocycles. The Hall–Kier alpha value is -1.02. The zero-order valence-corrected chi connectivity index (χ0v) is 10.8. The number of halogens is 14. The summed E-state index contributed by atoms with van der Waals surface area (Å²) in [6.45, 7) is 0. The van der Waals surface area contributed by atoms with Crippen LogP contribution in [0, 0.1) is 0 Å². The summed E-state index contributed by atoms with van der Waals surface area (Å²) in [5.74, 6) is -37.1. The first-order chi connectivity index (χ1) is 10.7. The average molecular weight is 404 g/mol. The molecule has 0 heterocycles. The van der Waals surface area contributed by atoms with E-state index < -0.39 is 58.4 Å². The predicted molar refractivity (Wildman–Crippen MR) is 46.1 cm³/mol. The highest BCUT2D eigenvalue weighted by Gasteiger charge is 3.19. The van der Waals surface area contributed by atoms with Crippen molar-refractivity contribution in [3.63, 3.8) is 0 Å². The summed E-state index contributed by atoms with van der Waals surface area (Å²) < 4.78 is 193. The van der Waals surface area contributed by atoms with Crippen molar-refractivity contribution in [2.75, 3.05) is 0 Å². The monoisotopic (exact) mass is 404 g/mol. The largest absolute Gasteiger partial charge is 0.376 e. The molecule has 0 aromatic rings. The fraction of sp³-hybridized carbons (Fsp3) is 1.00. The highest BCUT2D eigenvalue weighted by Crippen LogP contribution is 2.85. The molecule has 0 amide bonds. The highest BCUT2D eigenvalue weighted by atomic mass is 19.3. The molecule has 4 bridgehead atoms. The van der Waals surface area contributed by atoms with Crippen molar-refractivity contribution in [3.05, 3.63) is 0 Å². The van der Waals surface area contributed by atoms with Crippen LogP contribution in [0.25, 0.3) is 0 Å². The summed E-state index contributed by atoms with van der Waals surface area (Å²) in [6.07, 6.45) is -5.74.